The summed E-state index contributed by atoms with van der Waals surface area (Å²) in [5, 5.41) is 7.11. The van der Waals surface area contributed by atoms with E-state index in [1.807, 2.05) is 39.0 Å². The number of hydrogen-bond donors (Lipinski definition) is 2. The Labute approximate surface area is 157 Å². The second-order valence-corrected chi connectivity index (χ2v) is 8.54. The first-order valence-corrected chi connectivity index (χ1v) is 9.75. The van der Waals surface area contributed by atoms with Crippen LogP contribution in [0, 0.1) is 0 Å². The van der Waals surface area contributed by atoms with Gasteiger partial charge in [-0.15, -0.1) is 11.3 Å². The van der Waals surface area contributed by atoms with Crippen molar-refractivity contribution in [1.29, 1.82) is 0 Å². The maximum atomic E-state index is 12.5. The summed E-state index contributed by atoms with van der Waals surface area (Å²) in [4.78, 5) is 25.1. The van der Waals surface area contributed by atoms with Gasteiger partial charge in [0.25, 0.3) is 5.91 Å². The van der Waals surface area contributed by atoms with Crippen LogP contribution < -0.4 is 10.6 Å². The number of fused-ring (bicyclic) bond motifs is 1. The van der Waals surface area contributed by atoms with Gasteiger partial charge < -0.3 is 10.6 Å². The Hall–Kier alpha value is -1.59. The van der Waals surface area contributed by atoms with Gasteiger partial charge in [0.15, 0.2) is 0 Å². The third kappa shape index (κ3) is 5.19. The molecule has 25 heavy (non-hydrogen) atoms. The maximum absolute atomic E-state index is 12.5. The van der Waals surface area contributed by atoms with Gasteiger partial charge in [-0.05, 0) is 33.3 Å². The van der Waals surface area contributed by atoms with Gasteiger partial charge in [-0.25, -0.2) is 0 Å². The van der Waals surface area contributed by atoms with Gasteiger partial charge in [0.05, 0.1) is 15.4 Å². The molecule has 0 aliphatic carbocycles. The Kier molecular flexibility index (Phi) is 6.47. The largest absolute Gasteiger partial charge is 0.347 e. The van der Waals surface area contributed by atoms with Crippen molar-refractivity contribution >= 4 is 50.5 Å². The van der Waals surface area contributed by atoms with Crippen LogP contribution in [0.15, 0.2) is 18.2 Å². The molecule has 0 saturated carbocycles. The molecule has 4 nitrogen and oxygen atoms in total. The van der Waals surface area contributed by atoms with Crippen LogP contribution in [0.2, 0.25) is 5.02 Å². The highest BCUT2D eigenvalue weighted by atomic mass is 35.5. The lowest BCUT2D eigenvalue weighted by molar-refractivity contribution is -0.116. The number of halogens is 1. The van der Waals surface area contributed by atoms with Crippen molar-refractivity contribution in [3.05, 3.63) is 28.1 Å². The third-order valence-electron chi connectivity index (χ3n) is 3.63. The molecule has 0 aliphatic heterocycles. The van der Waals surface area contributed by atoms with Crippen LogP contribution in [0.5, 0.6) is 0 Å². The number of thiophene rings is 1. The number of nitrogens with one attached hydrogen (secondary N) is 2. The Morgan fingerprint density at radius 2 is 1.92 bits per heavy atom. The maximum Gasteiger partial charge on any atom is 0.263 e. The molecule has 1 aromatic heterocycles. The van der Waals surface area contributed by atoms with E-state index in [4.69, 9.17) is 11.6 Å². The van der Waals surface area contributed by atoms with Crippen LogP contribution in [0.4, 0.5) is 5.69 Å². The quantitative estimate of drug-likeness (QED) is 0.640. The van der Waals surface area contributed by atoms with Crippen molar-refractivity contribution in [2.45, 2.75) is 58.9 Å². The minimum Gasteiger partial charge on any atom is -0.347 e. The fourth-order valence-electron chi connectivity index (χ4n) is 2.48. The van der Waals surface area contributed by atoms with Gasteiger partial charge in [0, 0.05) is 17.3 Å². The predicted molar refractivity (Wildman–Crippen MR) is 107 cm³/mol. The first-order chi connectivity index (χ1) is 11.7. The fourth-order valence-corrected chi connectivity index (χ4v) is 3.95. The highest BCUT2D eigenvalue weighted by Gasteiger charge is 2.22. The second kappa shape index (κ2) is 8.19. The van der Waals surface area contributed by atoms with Crippen molar-refractivity contribution in [2.24, 2.45) is 0 Å². The third-order valence-corrected chi connectivity index (χ3v) is 5.37. The highest BCUT2D eigenvalue weighted by Crippen LogP contribution is 2.39. The standard InChI is InChI=1S/C19H25ClN2O2S/c1-5-6-7-11-14(23)21-13-10-8-9-12-15(20)17(25-16(12)13)18(24)22-19(2,3)4/h8-10H,5-7,11H2,1-4H3,(H,21,23)(H,22,24). The average Bonchev–Trinajstić information content (AvgIpc) is 2.84. The first-order valence-electron chi connectivity index (χ1n) is 8.56. The minimum absolute atomic E-state index is 0.00818. The second-order valence-electron chi connectivity index (χ2n) is 7.14. The summed E-state index contributed by atoms with van der Waals surface area (Å²) >= 11 is 7.74. The zero-order chi connectivity index (χ0) is 18.6. The van der Waals surface area contributed by atoms with Gasteiger partial charge >= 0.3 is 0 Å². The van der Waals surface area contributed by atoms with Crippen LogP contribution in [0.1, 0.15) is 63.0 Å². The van der Waals surface area contributed by atoms with E-state index in [9.17, 15) is 9.59 Å². The number of carbonyl (C=O) groups excluding carboxylic acids is 2. The highest BCUT2D eigenvalue weighted by molar-refractivity contribution is 7.22. The molecular formula is C19H25ClN2O2S. The van der Waals surface area contributed by atoms with E-state index in [2.05, 4.69) is 17.6 Å². The number of rotatable bonds is 6. The van der Waals surface area contributed by atoms with Crippen LogP contribution in [-0.4, -0.2) is 17.4 Å². The van der Waals surface area contributed by atoms with E-state index >= 15 is 0 Å². The van der Waals surface area contributed by atoms with E-state index in [0.29, 0.717) is 22.0 Å². The zero-order valence-corrected chi connectivity index (χ0v) is 16.7. The molecule has 0 unspecified atom stereocenters. The normalized spacial score (nSPS) is 11.6. The van der Waals surface area contributed by atoms with Gasteiger partial charge in [0.1, 0.15) is 4.88 Å². The molecule has 6 heteroatoms. The number of carbonyl (C=O) groups is 2. The molecule has 2 amide bonds. The van der Waals surface area contributed by atoms with Crippen molar-refractivity contribution in [3.63, 3.8) is 0 Å². The molecule has 1 heterocycles. The smallest absolute Gasteiger partial charge is 0.263 e. The molecule has 136 valence electrons. The lowest BCUT2D eigenvalue weighted by Crippen LogP contribution is -2.40. The summed E-state index contributed by atoms with van der Waals surface area (Å²) < 4.78 is 0.829. The van der Waals surface area contributed by atoms with Gasteiger partial charge in [-0.3, -0.25) is 9.59 Å². The summed E-state index contributed by atoms with van der Waals surface area (Å²) in [5.74, 6) is -0.204. The summed E-state index contributed by atoms with van der Waals surface area (Å²) in [6.07, 6.45) is 3.50. The summed E-state index contributed by atoms with van der Waals surface area (Å²) in [7, 11) is 0. The topological polar surface area (TPSA) is 58.2 Å². The minimum atomic E-state index is -0.340. The predicted octanol–water partition coefficient (Wildman–Crippen LogP) is 5.60. The van der Waals surface area contributed by atoms with Gasteiger partial charge in [-0.2, -0.15) is 0 Å². The lowest BCUT2D eigenvalue weighted by Gasteiger charge is -2.19. The van der Waals surface area contributed by atoms with Crippen LogP contribution >= 0.6 is 22.9 Å². The van der Waals surface area contributed by atoms with Crippen LogP contribution in [-0.2, 0) is 4.79 Å². The summed E-state index contributed by atoms with van der Waals surface area (Å²) in [5.41, 5.74) is 0.369. The molecule has 2 N–H and O–H groups in total. The van der Waals surface area contributed by atoms with Gasteiger partial charge in [-0.1, -0.05) is 43.5 Å². The number of benzene rings is 1. The molecule has 0 aliphatic rings. The molecule has 0 bridgehead atoms. The molecule has 0 fully saturated rings. The van der Waals surface area contributed by atoms with Crippen molar-refractivity contribution in [3.8, 4) is 0 Å². The number of hydrogen-bond acceptors (Lipinski definition) is 3. The molecule has 0 radical (unpaired) electrons. The summed E-state index contributed by atoms with van der Waals surface area (Å²) in [6.45, 7) is 7.88. The monoisotopic (exact) mass is 380 g/mol. The SMILES string of the molecule is CCCCCC(=O)Nc1cccc2c(Cl)c(C(=O)NC(C)(C)C)sc12. The molecular weight excluding hydrogens is 356 g/mol. The molecule has 0 spiro atoms. The van der Waals surface area contributed by atoms with Crippen molar-refractivity contribution in [2.75, 3.05) is 5.32 Å². The zero-order valence-electron chi connectivity index (χ0n) is 15.2. The molecule has 1 aromatic carbocycles. The van der Waals surface area contributed by atoms with Crippen molar-refractivity contribution in [1.82, 2.24) is 5.32 Å². The van der Waals surface area contributed by atoms with Crippen molar-refractivity contribution < 1.29 is 9.59 Å². The Morgan fingerprint density at radius 3 is 2.56 bits per heavy atom. The Bertz CT molecular complexity index is 778. The fraction of sp³-hybridized carbons (Fsp3) is 0.474. The Morgan fingerprint density at radius 1 is 1.20 bits per heavy atom. The van der Waals surface area contributed by atoms with E-state index in [0.717, 1.165) is 29.3 Å². The lowest BCUT2D eigenvalue weighted by atomic mass is 10.1. The Balaban J connectivity index is 2.27. The molecule has 2 aromatic rings. The van der Waals surface area contributed by atoms with E-state index < -0.39 is 0 Å². The molecule has 0 saturated heterocycles. The summed E-state index contributed by atoms with van der Waals surface area (Å²) in [6, 6.07) is 5.56. The van der Waals surface area contributed by atoms with E-state index in [-0.39, 0.29) is 17.4 Å². The first kappa shape index (κ1) is 19.7. The number of unbranched alkanes of at least 4 members (excludes halogenated alkanes) is 2. The average molecular weight is 381 g/mol. The molecule has 0 atom stereocenters. The van der Waals surface area contributed by atoms with Crippen LogP contribution in [0.25, 0.3) is 10.1 Å². The van der Waals surface area contributed by atoms with E-state index in [1.165, 1.54) is 11.3 Å². The molecule has 2 rings (SSSR count). The van der Waals surface area contributed by atoms with Gasteiger partial charge in [0.2, 0.25) is 5.91 Å². The number of anilines is 1. The number of amides is 2. The van der Waals surface area contributed by atoms with E-state index in [1.54, 1.807) is 0 Å². The van der Waals surface area contributed by atoms with Crippen LogP contribution in [0.3, 0.4) is 0 Å².